The number of nitrogens with zero attached hydrogens (tertiary/aromatic N) is 1. The number of aliphatic imine (C=N–C) groups is 1. The van der Waals surface area contributed by atoms with Crippen molar-refractivity contribution in [2.45, 2.75) is 24.8 Å². The van der Waals surface area contributed by atoms with Gasteiger partial charge in [0.25, 0.3) is 10.0 Å². The van der Waals surface area contributed by atoms with Gasteiger partial charge in [0.1, 0.15) is 11.9 Å². The Morgan fingerprint density at radius 3 is 2.19 bits per heavy atom. The van der Waals surface area contributed by atoms with Crippen molar-refractivity contribution in [1.29, 1.82) is 0 Å². The van der Waals surface area contributed by atoms with Gasteiger partial charge >= 0.3 is 0 Å². The van der Waals surface area contributed by atoms with Crippen LogP contribution in [0.1, 0.15) is 19.4 Å². The number of ether oxygens (including phenoxy) is 3. The van der Waals surface area contributed by atoms with Gasteiger partial charge in [0, 0.05) is 23.4 Å². The van der Waals surface area contributed by atoms with Crippen molar-refractivity contribution in [3.63, 3.8) is 0 Å². The largest absolute Gasteiger partial charge is 0.493 e. The molecule has 1 amide bonds. The van der Waals surface area contributed by atoms with Gasteiger partial charge in [-0.25, -0.2) is 8.42 Å². The molecule has 0 radical (unpaired) electrons. The first-order valence-electron chi connectivity index (χ1n) is 9.52. The Kier molecular flexibility index (Phi) is 6.40. The number of rotatable bonds is 7. The fraction of sp³-hybridized carbons (Fsp3) is 0.333. The van der Waals surface area contributed by atoms with Gasteiger partial charge in [-0.3, -0.25) is 14.5 Å². The molecule has 1 atom stereocenters. The number of hydrogen-bond acceptors (Lipinski definition) is 7. The van der Waals surface area contributed by atoms with E-state index in [1.165, 1.54) is 27.4 Å². The molecule has 166 valence electrons. The average Bonchev–Trinajstić information content (AvgIpc) is 3.01. The highest BCUT2D eigenvalue weighted by Crippen LogP contribution is 2.40. The van der Waals surface area contributed by atoms with E-state index in [2.05, 4.69) is 15.0 Å². The Morgan fingerprint density at radius 1 is 1.03 bits per heavy atom. The second-order valence-electron chi connectivity index (χ2n) is 7.17. The molecule has 0 saturated heterocycles. The fourth-order valence-corrected chi connectivity index (χ4v) is 4.49. The number of benzene rings is 2. The molecule has 2 aromatic carbocycles. The minimum Gasteiger partial charge on any atom is -0.493 e. The van der Waals surface area contributed by atoms with Crippen molar-refractivity contribution in [2.75, 3.05) is 26.6 Å². The summed E-state index contributed by atoms with van der Waals surface area (Å²) in [4.78, 5) is 17.7. The Morgan fingerprint density at radius 2 is 1.65 bits per heavy atom. The monoisotopic (exact) mass is 447 g/mol. The normalized spacial score (nSPS) is 16.4. The molecule has 31 heavy (non-hydrogen) atoms. The maximum atomic E-state index is 13.1. The van der Waals surface area contributed by atoms with Gasteiger partial charge in [-0.1, -0.05) is 26.0 Å². The first-order valence-corrected chi connectivity index (χ1v) is 11.0. The van der Waals surface area contributed by atoms with E-state index in [0.717, 1.165) is 0 Å². The molecular formula is C21H25N3O6S. The van der Waals surface area contributed by atoms with E-state index in [0.29, 0.717) is 28.5 Å². The number of fused-ring (bicyclic) bond motifs is 1. The molecule has 0 bridgehead atoms. The highest BCUT2D eigenvalue weighted by molar-refractivity contribution is 7.90. The van der Waals surface area contributed by atoms with E-state index < -0.39 is 22.0 Å². The molecule has 9 nitrogen and oxygen atoms in total. The number of amidine groups is 1. The molecule has 0 aliphatic carbocycles. The lowest BCUT2D eigenvalue weighted by Crippen LogP contribution is -2.34. The van der Waals surface area contributed by atoms with Crippen molar-refractivity contribution < 1.29 is 27.4 Å². The van der Waals surface area contributed by atoms with Gasteiger partial charge in [0.15, 0.2) is 11.5 Å². The van der Waals surface area contributed by atoms with Crippen LogP contribution in [0.25, 0.3) is 0 Å². The summed E-state index contributed by atoms with van der Waals surface area (Å²) in [6, 6.07) is 8.88. The standard InChI is InChI=1S/C21H25N3O6S/c1-12(2)18(23-20-14-8-6-7-9-17(14)31(26,27)24-20)21(25)22-13-10-15(28-3)19(30-5)16(11-13)29-4/h6-12,18H,1-5H3,(H,22,25)(H,23,24)/t18-/m1/s1. The zero-order chi connectivity index (χ0) is 22.8. The molecule has 10 heteroatoms. The van der Waals surface area contributed by atoms with E-state index in [1.54, 1.807) is 30.3 Å². The number of nitrogens with one attached hydrogen (secondary N) is 2. The van der Waals surface area contributed by atoms with Gasteiger partial charge in [0.05, 0.1) is 26.2 Å². The highest BCUT2D eigenvalue weighted by Gasteiger charge is 2.32. The quantitative estimate of drug-likeness (QED) is 0.674. The van der Waals surface area contributed by atoms with Crippen LogP contribution in [0.3, 0.4) is 0 Å². The summed E-state index contributed by atoms with van der Waals surface area (Å²) < 4.78 is 43.1. The predicted molar refractivity (Wildman–Crippen MR) is 117 cm³/mol. The van der Waals surface area contributed by atoms with Crippen LogP contribution in [0.15, 0.2) is 46.3 Å². The topological polar surface area (TPSA) is 115 Å². The zero-order valence-electron chi connectivity index (χ0n) is 17.9. The Bertz CT molecular complexity index is 1100. The number of hydrogen-bond donors (Lipinski definition) is 2. The van der Waals surface area contributed by atoms with Crippen molar-refractivity contribution in [2.24, 2.45) is 10.9 Å². The van der Waals surface area contributed by atoms with E-state index >= 15 is 0 Å². The van der Waals surface area contributed by atoms with E-state index in [4.69, 9.17) is 14.2 Å². The molecule has 2 aromatic rings. The van der Waals surface area contributed by atoms with E-state index in [-0.39, 0.29) is 16.6 Å². The van der Waals surface area contributed by atoms with Crippen LogP contribution in [0.2, 0.25) is 0 Å². The van der Waals surface area contributed by atoms with E-state index in [9.17, 15) is 13.2 Å². The lowest BCUT2D eigenvalue weighted by atomic mass is 10.0. The molecule has 1 heterocycles. The number of carbonyl (C=O) groups is 1. The average molecular weight is 448 g/mol. The molecule has 2 N–H and O–H groups in total. The Hall–Kier alpha value is -3.27. The summed E-state index contributed by atoms with van der Waals surface area (Å²) in [6.45, 7) is 3.66. The summed E-state index contributed by atoms with van der Waals surface area (Å²) in [5, 5.41) is 2.80. The van der Waals surface area contributed by atoms with Crippen LogP contribution in [-0.4, -0.2) is 47.5 Å². The first kappa shape index (κ1) is 22.4. The maximum Gasteiger partial charge on any atom is 0.263 e. The summed E-state index contributed by atoms with van der Waals surface area (Å²) in [5.74, 6) is 0.728. The highest BCUT2D eigenvalue weighted by atomic mass is 32.2. The van der Waals surface area contributed by atoms with Gasteiger partial charge in [0.2, 0.25) is 11.7 Å². The molecule has 1 aliphatic rings. The minimum absolute atomic E-state index is 0.140. The molecule has 0 saturated carbocycles. The summed E-state index contributed by atoms with van der Waals surface area (Å²) >= 11 is 0. The smallest absolute Gasteiger partial charge is 0.263 e. The summed E-state index contributed by atoms with van der Waals surface area (Å²) in [6.07, 6.45) is 0. The predicted octanol–water partition coefficient (Wildman–Crippen LogP) is 2.41. The number of methoxy groups -OCH3 is 3. The third-order valence-corrected chi connectivity index (χ3v) is 6.16. The van der Waals surface area contributed by atoms with Crippen LogP contribution in [-0.2, 0) is 14.8 Å². The second kappa shape index (κ2) is 8.84. The van der Waals surface area contributed by atoms with Crippen LogP contribution >= 0.6 is 0 Å². The van der Waals surface area contributed by atoms with Gasteiger partial charge in [-0.05, 0) is 18.1 Å². The first-order chi connectivity index (χ1) is 14.7. The third-order valence-electron chi connectivity index (χ3n) is 4.76. The lowest BCUT2D eigenvalue weighted by molar-refractivity contribution is -0.118. The Balaban J connectivity index is 1.94. The van der Waals surface area contributed by atoms with Gasteiger partial charge < -0.3 is 19.5 Å². The SMILES string of the molecule is COc1cc(NC(=O)[C@H](N=C2NS(=O)(=O)c3ccccc32)C(C)C)cc(OC)c1OC. The number of carbonyl (C=O) groups excluding carboxylic acids is 1. The van der Waals surface area contributed by atoms with Crippen LogP contribution in [0.4, 0.5) is 5.69 Å². The molecule has 0 aromatic heterocycles. The maximum absolute atomic E-state index is 13.1. The Labute approximate surface area is 181 Å². The number of anilines is 1. The fourth-order valence-electron chi connectivity index (χ4n) is 3.25. The van der Waals surface area contributed by atoms with E-state index in [1.807, 2.05) is 13.8 Å². The van der Waals surface area contributed by atoms with Crippen LogP contribution in [0.5, 0.6) is 17.2 Å². The second-order valence-corrected chi connectivity index (χ2v) is 8.82. The molecular weight excluding hydrogens is 422 g/mol. The zero-order valence-corrected chi connectivity index (χ0v) is 18.7. The summed E-state index contributed by atoms with van der Waals surface area (Å²) in [7, 11) is 0.757. The van der Waals surface area contributed by atoms with Gasteiger partial charge in [-0.15, -0.1) is 0 Å². The van der Waals surface area contributed by atoms with Crippen molar-refractivity contribution in [3.8, 4) is 17.2 Å². The molecule has 1 aliphatic heterocycles. The lowest BCUT2D eigenvalue weighted by Gasteiger charge is -2.19. The van der Waals surface area contributed by atoms with Crippen molar-refractivity contribution >= 4 is 27.5 Å². The number of amides is 1. The van der Waals surface area contributed by atoms with Crippen molar-refractivity contribution in [1.82, 2.24) is 4.72 Å². The minimum atomic E-state index is -3.70. The third kappa shape index (κ3) is 4.43. The molecule has 0 unspecified atom stereocenters. The molecule has 0 spiro atoms. The van der Waals surface area contributed by atoms with Crippen LogP contribution < -0.4 is 24.2 Å². The van der Waals surface area contributed by atoms with Crippen molar-refractivity contribution in [3.05, 3.63) is 42.0 Å². The number of sulfonamides is 1. The summed E-state index contributed by atoms with van der Waals surface area (Å²) in [5.41, 5.74) is 0.867. The van der Waals surface area contributed by atoms with Gasteiger partial charge in [-0.2, -0.15) is 0 Å². The molecule has 3 rings (SSSR count). The molecule has 0 fully saturated rings. The van der Waals surface area contributed by atoms with Crippen LogP contribution in [0, 0.1) is 5.92 Å².